The number of H-pyrrole nitrogens is 1. The van der Waals surface area contributed by atoms with E-state index in [1.165, 1.54) is 0 Å². The van der Waals surface area contributed by atoms with Crippen molar-refractivity contribution in [3.8, 4) is 22.9 Å². The Labute approximate surface area is 260 Å². The highest BCUT2D eigenvalue weighted by molar-refractivity contribution is 5.86. The van der Waals surface area contributed by atoms with E-state index in [4.69, 9.17) is 14.0 Å². The van der Waals surface area contributed by atoms with Crippen LogP contribution in [0.15, 0.2) is 71.5 Å². The Bertz CT molecular complexity index is 1770. The molecule has 6 rings (SSSR count). The Kier molecular flexibility index (Phi) is 9.33. The number of nitrogens with zero attached hydrogens (tertiary/aromatic N) is 4. The maximum atomic E-state index is 13.3. The summed E-state index contributed by atoms with van der Waals surface area (Å²) in [7, 11) is 1.62. The van der Waals surface area contributed by atoms with Crippen molar-refractivity contribution in [2.45, 2.75) is 38.5 Å². The average molecular weight is 609 g/mol. The van der Waals surface area contributed by atoms with Gasteiger partial charge in [-0.15, -0.1) is 0 Å². The molecule has 2 aromatic carbocycles. The number of benzene rings is 2. The predicted molar refractivity (Wildman–Crippen MR) is 168 cm³/mol. The maximum absolute atomic E-state index is 13.3. The Morgan fingerprint density at radius 1 is 1.13 bits per heavy atom. The monoisotopic (exact) mass is 608 g/mol. The number of methoxy groups -OCH3 is 1. The molecular formula is C34H36N6O5. The van der Waals surface area contributed by atoms with Crippen LogP contribution in [0, 0.1) is 0 Å². The number of hydrogen-bond acceptors (Lipinski definition) is 8. The molecule has 11 heteroatoms. The number of hydrogen-bond donors (Lipinski definition) is 2. The number of rotatable bonds is 6. The molecule has 1 aliphatic rings. The van der Waals surface area contributed by atoms with Crippen LogP contribution in [0.25, 0.3) is 22.3 Å². The van der Waals surface area contributed by atoms with Gasteiger partial charge in [0.15, 0.2) is 11.5 Å². The zero-order valence-electron chi connectivity index (χ0n) is 25.3. The van der Waals surface area contributed by atoms with Gasteiger partial charge in [0.05, 0.1) is 20.3 Å². The fraction of sp³-hybridized carbons (Fsp3) is 0.324. The van der Waals surface area contributed by atoms with Crippen molar-refractivity contribution < 1.29 is 23.6 Å². The number of fused-ring (bicyclic) bond motifs is 5. The molecule has 0 radical (unpaired) electrons. The van der Waals surface area contributed by atoms with E-state index in [1.54, 1.807) is 24.4 Å². The highest BCUT2D eigenvalue weighted by atomic mass is 16.5. The van der Waals surface area contributed by atoms with Crippen LogP contribution in [0.3, 0.4) is 0 Å². The summed E-state index contributed by atoms with van der Waals surface area (Å²) in [6.07, 6.45) is 6.45. The summed E-state index contributed by atoms with van der Waals surface area (Å²) in [5, 5.41) is 8.19. The smallest absolute Gasteiger partial charge is 0.239 e. The largest absolute Gasteiger partial charge is 0.493 e. The first-order valence-electron chi connectivity index (χ1n) is 15.2. The van der Waals surface area contributed by atoms with Crippen molar-refractivity contribution in [3.05, 3.63) is 89.7 Å². The number of aromatic nitrogens is 4. The van der Waals surface area contributed by atoms with E-state index in [2.05, 4.69) is 37.6 Å². The molecule has 0 spiro atoms. The normalized spacial score (nSPS) is 14.4. The fourth-order valence-corrected chi connectivity index (χ4v) is 5.64. The van der Waals surface area contributed by atoms with Gasteiger partial charge in [0.2, 0.25) is 23.5 Å². The molecule has 11 nitrogen and oxygen atoms in total. The first kappa shape index (κ1) is 29.9. The van der Waals surface area contributed by atoms with Crippen molar-refractivity contribution >= 4 is 22.7 Å². The second-order valence-corrected chi connectivity index (χ2v) is 11.0. The van der Waals surface area contributed by atoms with Gasteiger partial charge in [-0.05, 0) is 60.7 Å². The summed E-state index contributed by atoms with van der Waals surface area (Å²) >= 11 is 0. The quantitative estimate of drug-likeness (QED) is 0.288. The SMILES string of the molecule is COc1ccc2cc1OCCCN(C(=O)CCCc1nc(-c3cccnc3)no1)CC(=O)NCCc1c([nH]c3ccccc13)C2. The predicted octanol–water partition coefficient (Wildman–Crippen LogP) is 4.51. The Hall–Kier alpha value is -5.19. The number of para-hydroxylation sites is 1. The van der Waals surface area contributed by atoms with E-state index in [1.807, 2.05) is 42.5 Å². The molecule has 2 amide bonds. The van der Waals surface area contributed by atoms with Crippen LogP contribution >= 0.6 is 0 Å². The first-order chi connectivity index (χ1) is 22.1. The van der Waals surface area contributed by atoms with Crippen LogP contribution in [0.5, 0.6) is 11.5 Å². The van der Waals surface area contributed by atoms with Crippen LogP contribution in [0.1, 0.15) is 42.0 Å². The van der Waals surface area contributed by atoms with E-state index in [9.17, 15) is 9.59 Å². The summed E-state index contributed by atoms with van der Waals surface area (Å²) in [4.78, 5) is 40.1. The van der Waals surface area contributed by atoms with Crippen molar-refractivity contribution in [1.29, 1.82) is 0 Å². The third-order valence-corrected chi connectivity index (χ3v) is 7.89. The summed E-state index contributed by atoms with van der Waals surface area (Å²) in [6, 6.07) is 17.8. The van der Waals surface area contributed by atoms with Gasteiger partial charge in [-0.3, -0.25) is 14.6 Å². The van der Waals surface area contributed by atoms with Crippen molar-refractivity contribution in [3.63, 3.8) is 0 Å². The first-order valence-corrected chi connectivity index (χ1v) is 15.2. The van der Waals surface area contributed by atoms with Gasteiger partial charge in [0, 0.05) is 66.9 Å². The summed E-state index contributed by atoms with van der Waals surface area (Å²) < 4.78 is 17.1. The van der Waals surface area contributed by atoms with Crippen LogP contribution in [-0.4, -0.2) is 70.2 Å². The van der Waals surface area contributed by atoms with Crippen molar-refractivity contribution in [1.82, 2.24) is 30.3 Å². The number of ether oxygens (including phenoxy) is 2. The molecule has 2 N–H and O–H groups in total. The highest BCUT2D eigenvalue weighted by Gasteiger charge is 2.20. The molecule has 45 heavy (non-hydrogen) atoms. The minimum absolute atomic E-state index is 0.0237. The minimum Gasteiger partial charge on any atom is -0.493 e. The fourth-order valence-electron chi connectivity index (χ4n) is 5.64. The Morgan fingerprint density at radius 2 is 2.04 bits per heavy atom. The number of pyridine rings is 1. The molecule has 3 aromatic heterocycles. The average Bonchev–Trinajstić information content (AvgIpc) is 3.67. The van der Waals surface area contributed by atoms with Crippen LogP contribution in [0.4, 0.5) is 0 Å². The lowest BCUT2D eigenvalue weighted by atomic mass is 10.0. The molecule has 5 aromatic rings. The van der Waals surface area contributed by atoms with E-state index in [0.717, 1.165) is 33.3 Å². The molecule has 2 bridgehead atoms. The molecule has 0 saturated heterocycles. The van der Waals surface area contributed by atoms with Gasteiger partial charge in [-0.2, -0.15) is 4.98 Å². The van der Waals surface area contributed by atoms with Crippen LogP contribution < -0.4 is 14.8 Å². The number of aromatic amines is 1. The lowest BCUT2D eigenvalue weighted by Crippen LogP contribution is -2.42. The lowest BCUT2D eigenvalue weighted by Gasteiger charge is -2.23. The maximum Gasteiger partial charge on any atom is 0.239 e. The number of carbonyl (C=O) groups is 2. The molecule has 0 aliphatic carbocycles. The number of nitrogens with one attached hydrogen (secondary N) is 2. The molecule has 0 fully saturated rings. The molecule has 232 valence electrons. The summed E-state index contributed by atoms with van der Waals surface area (Å²) in [6.45, 7) is 1.18. The Morgan fingerprint density at radius 3 is 2.91 bits per heavy atom. The zero-order chi connectivity index (χ0) is 31.0. The molecule has 4 heterocycles. The van der Waals surface area contributed by atoms with Gasteiger partial charge < -0.3 is 29.2 Å². The van der Waals surface area contributed by atoms with E-state index in [-0.39, 0.29) is 24.8 Å². The summed E-state index contributed by atoms with van der Waals surface area (Å²) in [5.41, 5.74) is 5.16. The number of amides is 2. The molecular weight excluding hydrogens is 572 g/mol. The minimum atomic E-state index is -0.192. The number of aryl methyl sites for hydroxylation is 1. The summed E-state index contributed by atoms with van der Waals surface area (Å²) in [5.74, 6) is 1.91. The molecule has 0 saturated carbocycles. The second-order valence-electron chi connectivity index (χ2n) is 11.0. The van der Waals surface area contributed by atoms with Crippen LogP contribution in [0.2, 0.25) is 0 Å². The lowest BCUT2D eigenvalue weighted by molar-refractivity contribution is -0.136. The number of carbonyl (C=O) groups excluding carboxylic acids is 2. The van der Waals surface area contributed by atoms with Crippen molar-refractivity contribution in [2.75, 3.05) is 33.4 Å². The molecule has 1 aliphatic heterocycles. The highest BCUT2D eigenvalue weighted by Crippen LogP contribution is 2.31. The zero-order valence-corrected chi connectivity index (χ0v) is 25.3. The van der Waals surface area contributed by atoms with Gasteiger partial charge in [-0.1, -0.05) is 29.4 Å². The topological polar surface area (TPSA) is 135 Å². The third kappa shape index (κ3) is 7.31. The molecule has 0 atom stereocenters. The van der Waals surface area contributed by atoms with E-state index < -0.39 is 0 Å². The van der Waals surface area contributed by atoms with Crippen LogP contribution in [-0.2, 0) is 28.9 Å². The molecule has 0 unspecified atom stereocenters. The van der Waals surface area contributed by atoms with Gasteiger partial charge in [0.1, 0.15) is 0 Å². The second kappa shape index (κ2) is 14.1. The van der Waals surface area contributed by atoms with Gasteiger partial charge in [0.25, 0.3) is 0 Å². The standard InChI is InChI=1S/C34H36N6O5/c1-43-29-13-12-23-19-28-26(25-8-2-3-9-27(25)37-28)14-16-36-31(41)22-40(17-6-18-44-30(29)20-23)33(42)11-4-10-32-38-34(39-45-32)24-7-5-15-35-21-24/h2-3,5,7-9,12-13,15,20-21,37H,4,6,10-11,14,16-19,22H2,1H3,(H,36,41). The van der Waals surface area contributed by atoms with Gasteiger partial charge in [-0.25, -0.2) is 0 Å². The third-order valence-electron chi connectivity index (χ3n) is 7.89. The van der Waals surface area contributed by atoms with Gasteiger partial charge >= 0.3 is 0 Å². The Balaban J connectivity index is 1.14. The van der Waals surface area contributed by atoms with E-state index >= 15 is 0 Å². The van der Waals surface area contributed by atoms with Crippen molar-refractivity contribution in [2.24, 2.45) is 0 Å². The van der Waals surface area contributed by atoms with E-state index in [0.29, 0.717) is 75.0 Å².